The summed E-state index contributed by atoms with van der Waals surface area (Å²) in [6, 6.07) is 17.7. The van der Waals surface area contributed by atoms with Crippen LogP contribution in [0.5, 0.6) is 0 Å². The first-order chi connectivity index (χ1) is 15.4. The molecule has 4 rings (SSSR count). The minimum Gasteiger partial charge on any atom is -0.350 e. The molecule has 2 aliphatic rings. The van der Waals surface area contributed by atoms with Crippen molar-refractivity contribution in [2.45, 2.75) is 57.4 Å². The highest BCUT2D eigenvalue weighted by Gasteiger charge is 2.38. The number of hydrogen-bond acceptors (Lipinski definition) is 3. The molecule has 0 bridgehead atoms. The summed E-state index contributed by atoms with van der Waals surface area (Å²) in [7, 11) is 0. The number of nitrogens with zero attached hydrogens (tertiary/aromatic N) is 1. The van der Waals surface area contributed by atoms with E-state index >= 15 is 0 Å². The first kappa shape index (κ1) is 22.3. The van der Waals surface area contributed by atoms with E-state index in [1.807, 2.05) is 35.2 Å². The minimum atomic E-state index is -0.364. The highest BCUT2D eigenvalue weighted by Crippen LogP contribution is 2.30. The molecule has 5 nitrogen and oxygen atoms in total. The Kier molecular flexibility index (Phi) is 6.73. The first-order valence-corrected chi connectivity index (χ1v) is 11.7. The Hall–Kier alpha value is -2.95. The summed E-state index contributed by atoms with van der Waals surface area (Å²) in [5.41, 5.74) is 2.74. The molecule has 5 heteroatoms. The van der Waals surface area contributed by atoms with Crippen LogP contribution in [-0.2, 0) is 16.0 Å². The molecule has 2 aromatic carbocycles. The van der Waals surface area contributed by atoms with Crippen molar-refractivity contribution in [3.63, 3.8) is 0 Å². The van der Waals surface area contributed by atoms with Gasteiger partial charge in [0.2, 0.25) is 11.8 Å². The van der Waals surface area contributed by atoms with Crippen molar-refractivity contribution in [1.29, 1.82) is 0 Å². The van der Waals surface area contributed by atoms with E-state index in [0.717, 1.165) is 31.2 Å². The Bertz CT molecular complexity index is 970. The normalized spacial score (nSPS) is 23.1. The SMILES string of the molecule is Cc1ccc(C[C@@]2(CCC(=O)N3CCC[C@@H](C(=O)c4ccccc4)C3)CCC(=O)N2)cc1. The Morgan fingerprint density at radius 2 is 1.84 bits per heavy atom. The van der Waals surface area contributed by atoms with E-state index in [-0.39, 0.29) is 29.1 Å². The molecule has 2 saturated heterocycles. The summed E-state index contributed by atoms with van der Waals surface area (Å²) in [6.07, 6.45) is 4.68. The molecule has 0 unspecified atom stereocenters. The fourth-order valence-electron chi connectivity index (χ4n) is 5.04. The van der Waals surface area contributed by atoms with E-state index in [1.54, 1.807) is 0 Å². The zero-order valence-corrected chi connectivity index (χ0v) is 18.8. The molecule has 1 N–H and O–H groups in total. The van der Waals surface area contributed by atoms with Crippen LogP contribution in [0, 0.1) is 12.8 Å². The van der Waals surface area contributed by atoms with E-state index in [4.69, 9.17) is 0 Å². The number of nitrogens with one attached hydrogen (secondary N) is 1. The number of ketones is 1. The van der Waals surface area contributed by atoms with Gasteiger partial charge in [-0.15, -0.1) is 0 Å². The maximum absolute atomic E-state index is 13.1. The summed E-state index contributed by atoms with van der Waals surface area (Å²) in [5, 5.41) is 3.17. The van der Waals surface area contributed by atoms with Gasteiger partial charge < -0.3 is 10.2 Å². The van der Waals surface area contributed by atoms with Crippen molar-refractivity contribution in [2.75, 3.05) is 13.1 Å². The van der Waals surface area contributed by atoms with Crippen LogP contribution in [0.15, 0.2) is 54.6 Å². The van der Waals surface area contributed by atoms with Crippen molar-refractivity contribution < 1.29 is 14.4 Å². The summed E-state index contributed by atoms with van der Waals surface area (Å²) in [6.45, 7) is 3.25. The van der Waals surface area contributed by atoms with E-state index in [2.05, 4.69) is 36.5 Å². The van der Waals surface area contributed by atoms with Crippen LogP contribution in [-0.4, -0.2) is 41.1 Å². The molecule has 0 spiro atoms. The Morgan fingerprint density at radius 1 is 1.09 bits per heavy atom. The molecule has 168 valence electrons. The molecule has 2 amide bonds. The van der Waals surface area contributed by atoms with E-state index in [1.165, 1.54) is 11.1 Å². The van der Waals surface area contributed by atoms with Crippen molar-refractivity contribution >= 4 is 17.6 Å². The Morgan fingerprint density at radius 3 is 2.53 bits per heavy atom. The lowest BCUT2D eigenvalue weighted by atomic mass is 9.84. The molecule has 32 heavy (non-hydrogen) atoms. The second kappa shape index (κ2) is 9.68. The van der Waals surface area contributed by atoms with Gasteiger partial charge in [-0.1, -0.05) is 60.2 Å². The fourth-order valence-corrected chi connectivity index (χ4v) is 5.04. The Labute approximate surface area is 190 Å². The molecule has 2 fully saturated rings. The summed E-state index contributed by atoms with van der Waals surface area (Å²) in [4.78, 5) is 39.9. The minimum absolute atomic E-state index is 0.0658. The number of hydrogen-bond donors (Lipinski definition) is 1. The lowest BCUT2D eigenvalue weighted by molar-refractivity contribution is -0.133. The number of likely N-dealkylation sites (tertiary alicyclic amines) is 1. The number of carbonyl (C=O) groups excluding carboxylic acids is 3. The molecule has 2 atom stereocenters. The number of Topliss-reactive ketones (excluding diaryl/α,β-unsaturated/α-hetero) is 1. The van der Waals surface area contributed by atoms with Gasteiger partial charge in [0.25, 0.3) is 0 Å². The van der Waals surface area contributed by atoms with Crippen LogP contribution >= 0.6 is 0 Å². The van der Waals surface area contributed by atoms with Gasteiger partial charge >= 0.3 is 0 Å². The van der Waals surface area contributed by atoms with Crippen LogP contribution < -0.4 is 5.32 Å². The molecule has 2 aromatic rings. The van der Waals surface area contributed by atoms with Crippen LogP contribution in [0.25, 0.3) is 0 Å². The predicted octanol–water partition coefficient (Wildman–Crippen LogP) is 4.09. The molecular weight excluding hydrogens is 400 g/mol. The first-order valence-electron chi connectivity index (χ1n) is 11.7. The van der Waals surface area contributed by atoms with Gasteiger partial charge in [-0.3, -0.25) is 14.4 Å². The lowest BCUT2D eigenvalue weighted by Gasteiger charge is -2.34. The van der Waals surface area contributed by atoms with E-state index < -0.39 is 0 Å². The van der Waals surface area contributed by atoms with Crippen LogP contribution in [0.3, 0.4) is 0 Å². The average molecular weight is 433 g/mol. The van der Waals surface area contributed by atoms with Crippen molar-refractivity contribution in [3.8, 4) is 0 Å². The van der Waals surface area contributed by atoms with Gasteiger partial charge in [-0.25, -0.2) is 0 Å². The second-order valence-corrected chi connectivity index (χ2v) is 9.40. The quantitative estimate of drug-likeness (QED) is 0.670. The number of rotatable bonds is 7. The number of benzene rings is 2. The monoisotopic (exact) mass is 432 g/mol. The van der Waals surface area contributed by atoms with Crippen LogP contribution in [0.4, 0.5) is 0 Å². The molecular formula is C27H32N2O3. The summed E-state index contributed by atoms with van der Waals surface area (Å²) < 4.78 is 0. The van der Waals surface area contributed by atoms with Crippen molar-refractivity contribution in [2.24, 2.45) is 5.92 Å². The summed E-state index contributed by atoms with van der Waals surface area (Å²) in [5.74, 6) is 0.140. The standard InChI is InChI=1S/C27H32N2O3/c1-20-9-11-21(12-10-20)18-27(15-13-24(30)28-27)16-14-25(31)29-17-5-8-23(19-29)26(32)22-6-3-2-4-7-22/h2-4,6-7,9-12,23H,5,8,13-19H2,1H3,(H,28,30)/t23-,27+/m1/s1. The van der Waals surface area contributed by atoms with Crippen molar-refractivity contribution in [3.05, 3.63) is 71.3 Å². The molecule has 0 aromatic heterocycles. The second-order valence-electron chi connectivity index (χ2n) is 9.40. The van der Waals surface area contributed by atoms with Gasteiger partial charge in [-0.2, -0.15) is 0 Å². The smallest absolute Gasteiger partial charge is 0.222 e. The van der Waals surface area contributed by atoms with E-state index in [9.17, 15) is 14.4 Å². The number of aryl methyl sites for hydroxylation is 1. The van der Waals surface area contributed by atoms with Gasteiger partial charge in [0.15, 0.2) is 5.78 Å². The summed E-state index contributed by atoms with van der Waals surface area (Å²) >= 11 is 0. The maximum atomic E-state index is 13.1. The third-order valence-corrected chi connectivity index (χ3v) is 6.92. The highest BCUT2D eigenvalue weighted by atomic mass is 16.2. The van der Waals surface area contributed by atoms with Gasteiger partial charge in [0.05, 0.1) is 0 Å². The molecule has 2 aliphatic heterocycles. The third kappa shape index (κ3) is 5.26. The van der Waals surface area contributed by atoms with Gasteiger partial charge in [-0.05, 0) is 44.6 Å². The predicted molar refractivity (Wildman–Crippen MR) is 124 cm³/mol. The van der Waals surface area contributed by atoms with Crippen molar-refractivity contribution in [1.82, 2.24) is 10.2 Å². The van der Waals surface area contributed by atoms with Gasteiger partial charge in [0.1, 0.15) is 0 Å². The van der Waals surface area contributed by atoms with E-state index in [0.29, 0.717) is 32.4 Å². The van der Waals surface area contributed by atoms with Crippen LogP contribution in [0.2, 0.25) is 0 Å². The topological polar surface area (TPSA) is 66.5 Å². The zero-order valence-electron chi connectivity index (χ0n) is 18.8. The molecule has 0 saturated carbocycles. The number of carbonyl (C=O) groups is 3. The lowest BCUT2D eigenvalue weighted by Crippen LogP contribution is -2.46. The molecule has 2 heterocycles. The average Bonchev–Trinajstić information content (AvgIpc) is 3.19. The fraction of sp³-hybridized carbons (Fsp3) is 0.444. The molecule has 0 aliphatic carbocycles. The highest BCUT2D eigenvalue weighted by molar-refractivity contribution is 5.98. The zero-order chi connectivity index (χ0) is 22.6. The largest absolute Gasteiger partial charge is 0.350 e. The number of piperidine rings is 1. The third-order valence-electron chi connectivity index (χ3n) is 6.92. The Balaban J connectivity index is 1.38. The maximum Gasteiger partial charge on any atom is 0.222 e. The number of amides is 2. The van der Waals surface area contributed by atoms with Crippen LogP contribution in [0.1, 0.15) is 60.0 Å². The van der Waals surface area contributed by atoms with Gasteiger partial charge in [0, 0.05) is 43.0 Å². The molecule has 0 radical (unpaired) electrons.